The van der Waals surface area contributed by atoms with Crippen molar-refractivity contribution in [3.63, 3.8) is 0 Å². The van der Waals surface area contributed by atoms with E-state index in [9.17, 15) is 9.59 Å². The van der Waals surface area contributed by atoms with Crippen LogP contribution in [0, 0.1) is 20.8 Å². The molecule has 152 valence electrons. The van der Waals surface area contributed by atoms with Crippen molar-refractivity contribution in [3.8, 4) is 0 Å². The number of nitrogens with zero attached hydrogens (tertiary/aromatic N) is 2. The van der Waals surface area contributed by atoms with Gasteiger partial charge in [-0.15, -0.1) is 12.4 Å². The Morgan fingerprint density at radius 2 is 1.78 bits per heavy atom. The molecule has 1 fully saturated rings. The van der Waals surface area contributed by atoms with Gasteiger partial charge in [0, 0.05) is 18.2 Å². The number of aliphatic carboxylic acids is 1. The van der Waals surface area contributed by atoms with E-state index >= 15 is 0 Å². The molecule has 27 heavy (non-hydrogen) atoms. The molecule has 0 atom stereocenters. The van der Waals surface area contributed by atoms with Crippen molar-refractivity contribution < 1.29 is 14.7 Å². The fraction of sp³-hybridized carbons (Fsp3) is 0.619. The third-order valence-electron chi connectivity index (χ3n) is 5.68. The van der Waals surface area contributed by atoms with Gasteiger partial charge in [-0.2, -0.15) is 0 Å². The van der Waals surface area contributed by atoms with E-state index in [4.69, 9.17) is 5.11 Å². The second-order valence-electron chi connectivity index (χ2n) is 7.51. The molecule has 1 saturated heterocycles. The molecule has 0 aliphatic carbocycles. The number of carbonyl (C=O) groups excluding carboxylic acids is 1. The zero-order valence-electron chi connectivity index (χ0n) is 17.2. The SMILES string of the molecule is CCN(CC(=O)O)C1CCN(Cc2c(C)cc(C)c(C(C)=O)c2C)CC1.Cl. The molecule has 6 heteroatoms. The molecule has 0 aromatic heterocycles. The predicted molar refractivity (Wildman–Crippen MR) is 111 cm³/mol. The molecule has 1 N–H and O–H groups in total. The number of benzene rings is 1. The fourth-order valence-corrected chi connectivity index (χ4v) is 4.35. The van der Waals surface area contributed by atoms with Gasteiger partial charge in [0.25, 0.3) is 0 Å². The molecule has 1 heterocycles. The summed E-state index contributed by atoms with van der Waals surface area (Å²) in [4.78, 5) is 27.5. The number of halogens is 1. The van der Waals surface area contributed by atoms with Crippen molar-refractivity contribution in [2.45, 2.75) is 60.0 Å². The molecule has 5 nitrogen and oxygen atoms in total. The van der Waals surface area contributed by atoms with Gasteiger partial charge in [-0.25, -0.2) is 0 Å². The molecule has 0 amide bonds. The number of Topliss-reactive ketones (excluding diaryl/α,β-unsaturated/α-hetero) is 1. The van der Waals surface area contributed by atoms with Crippen LogP contribution in [0.5, 0.6) is 0 Å². The molecule has 0 bridgehead atoms. The van der Waals surface area contributed by atoms with Gasteiger partial charge in [-0.3, -0.25) is 19.4 Å². The highest BCUT2D eigenvalue weighted by atomic mass is 35.5. The number of hydrogen-bond acceptors (Lipinski definition) is 4. The smallest absolute Gasteiger partial charge is 0.317 e. The van der Waals surface area contributed by atoms with Crippen LogP contribution < -0.4 is 0 Å². The summed E-state index contributed by atoms with van der Waals surface area (Å²) in [5.74, 6) is -0.621. The van der Waals surface area contributed by atoms with Crippen LogP contribution in [0.3, 0.4) is 0 Å². The number of aryl methyl sites for hydroxylation is 2. The minimum absolute atomic E-state index is 0. The Bertz CT molecular complexity index is 682. The normalized spacial score (nSPS) is 15.6. The third kappa shape index (κ3) is 5.77. The van der Waals surface area contributed by atoms with Crippen LogP contribution >= 0.6 is 12.4 Å². The van der Waals surface area contributed by atoms with E-state index in [2.05, 4.69) is 29.7 Å². The van der Waals surface area contributed by atoms with E-state index in [-0.39, 0.29) is 24.7 Å². The Hall–Kier alpha value is -1.43. The molecular weight excluding hydrogens is 364 g/mol. The van der Waals surface area contributed by atoms with Gasteiger partial charge in [0.05, 0.1) is 6.54 Å². The van der Waals surface area contributed by atoms with Crippen LogP contribution in [0.25, 0.3) is 0 Å². The highest BCUT2D eigenvalue weighted by Gasteiger charge is 2.26. The monoisotopic (exact) mass is 396 g/mol. The molecule has 0 saturated carbocycles. The number of likely N-dealkylation sites (tertiary alicyclic amines) is 1. The maximum absolute atomic E-state index is 12.0. The van der Waals surface area contributed by atoms with Crippen LogP contribution in [0.4, 0.5) is 0 Å². The summed E-state index contributed by atoms with van der Waals surface area (Å²) >= 11 is 0. The Labute approximate surface area is 169 Å². The largest absolute Gasteiger partial charge is 0.480 e. The van der Waals surface area contributed by atoms with E-state index in [0.717, 1.165) is 55.7 Å². The zero-order chi connectivity index (χ0) is 19.4. The van der Waals surface area contributed by atoms with Crippen LogP contribution in [0.2, 0.25) is 0 Å². The van der Waals surface area contributed by atoms with Gasteiger partial charge in [0.2, 0.25) is 0 Å². The summed E-state index contributed by atoms with van der Waals surface area (Å²) < 4.78 is 0. The van der Waals surface area contributed by atoms with Crippen molar-refractivity contribution >= 4 is 24.2 Å². The Morgan fingerprint density at radius 3 is 2.26 bits per heavy atom. The number of carboxylic acid groups (broad SMARTS) is 1. The van der Waals surface area contributed by atoms with E-state index in [1.54, 1.807) is 6.92 Å². The standard InChI is InChI=1S/C21H32N2O3.ClH/c1-6-23(13-20(25)26)18-7-9-22(10-8-18)12-19-14(2)11-15(3)21(16(19)4)17(5)24;/h11,18H,6-10,12-13H2,1-5H3,(H,25,26);1H. The summed E-state index contributed by atoms with van der Waals surface area (Å²) in [5.41, 5.74) is 5.53. The summed E-state index contributed by atoms with van der Waals surface area (Å²) in [6.07, 6.45) is 1.98. The molecule has 0 radical (unpaired) electrons. The first-order valence-corrected chi connectivity index (χ1v) is 9.53. The number of carboxylic acids is 1. The van der Waals surface area contributed by atoms with E-state index in [0.29, 0.717) is 6.04 Å². The maximum Gasteiger partial charge on any atom is 0.317 e. The minimum Gasteiger partial charge on any atom is -0.480 e. The van der Waals surface area contributed by atoms with Crippen LogP contribution in [-0.4, -0.2) is 58.9 Å². The average molecular weight is 397 g/mol. The first-order chi connectivity index (χ1) is 12.2. The number of rotatable bonds is 7. The quantitative estimate of drug-likeness (QED) is 0.713. The predicted octanol–water partition coefficient (Wildman–Crippen LogP) is 3.61. The van der Waals surface area contributed by atoms with Crippen molar-refractivity contribution in [2.24, 2.45) is 0 Å². The van der Waals surface area contributed by atoms with Gasteiger partial charge < -0.3 is 5.11 Å². The van der Waals surface area contributed by atoms with E-state index in [1.807, 2.05) is 13.8 Å². The third-order valence-corrected chi connectivity index (χ3v) is 5.68. The van der Waals surface area contributed by atoms with Crippen molar-refractivity contribution in [1.82, 2.24) is 9.80 Å². The van der Waals surface area contributed by atoms with Crippen molar-refractivity contribution in [1.29, 1.82) is 0 Å². The molecule has 0 unspecified atom stereocenters. The van der Waals surface area contributed by atoms with Crippen LogP contribution in [0.1, 0.15) is 59.3 Å². The lowest BCUT2D eigenvalue weighted by Gasteiger charge is -2.38. The van der Waals surface area contributed by atoms with Crippen molar-refractivity contribution in [2.75, 3.05) is 26.2 Å². The molecule has 1 aromatic rings. The number of piperidine rings is 1. The topological polar surface area (TPSA) is 60.9 Å². The van der Waals surface area contributed by atoms with Crippen LogP contribution in [0.15, 0.2) is 6.07 Å². The number of ketones is 1. The van der Waals surface area contributed by atoms with Gasteiger partial charge in [0.15, 0.2) is 5.78 Å². The Balaban J connectivity index is 0.00000364. The lowest BCUT2D eigenvalue weighted by Crippen LogP contribution is -2.46. The number of carbonyl (C=O) groups is 2. The summed E-state index contributed by atoms with van der Waals surface area (Å²) in [6.45, 7) is 13.5. The second kappa shape index (κ2) is 10.2. The second-order valence-corrected chi connectivity index (χ2v) is 7.51. The molecular formula is C21H33ClN2O3. The zero-order valence-corrected chi connectivity index (χ0v) is 18.0. The first kappa shape index (κ1) is 23.6. The van der Waals surface area contributed by atoms with Gasteiger partial charge in [-0.1, -0.05) is 13.0 Å². The van der Waals surface area contributed by atoms with Gasteiger partial charge in [0.1, 0.15) is 0 Å². The van der Waals surface area contributed by atoms with E-state index in [1.165, 1.54) is 11.1 Å². The van der Waals surface area contributed by atoms with Gasteiger partial charge >= 0.3 is 5.97 Å². The van der Waals surface area contributed by atoms with Crippen molar-refractivity contribution in [3.05, 3.63) is 33.9 Å². The Morgan fingerprint density at radius 1 is 1.19 bits per heavy atom. The summed E-state index contributed by atoms with van der Waals surface area (Å²) in [7, 11) is 0. The summed E-state index contributed by atoms with van der Waals surface area (Å²) in [5, 5.41) is 9.07. The minimum atomic E-state index is -0.753. The lowest BCUT2D eigenvalue weighted by molar-refractivity contribution is -0.139. The number of hydrogen-bond donors (Lipinski definition) is 1. The molecule has 0 spiro atoms. The Kier molecular flexibility index (Phi) is 8.92. The summed E-state index contributed by atoms with van der Waals surface area (Å²) in [6, 6.07) is 2.47. The molecule has 1 aliphatic rings. The average Bonchev–Trinajstić information content (AvgIpc) is 2.56. The highest BCUT2D eigenvalue weighted by Crippen LogP contribution is 2.26. The van der Waals surface area contributed by atoms with Crippen LogP contribution in [-0.2, 0) is 11.3 Å². The lowest BCUT2D eigenvalue weighted by atomic mass is 9.91. The number of likely N-dealkylation sites (N-methyl/N-ethyl adjacent to an activating group) is 1. The van der Waals surface area contributed by atoms with E-state index < -0.39 is 5.97 Å². The van der Waals surface area contributed by atoms with Gasteiger partial charge in [-0.05, 0) is 82.4 Å². The molecule has 2 rings (SSSR count). The molecule has 1 aromatic carbocycles. The first-order valence-electron chi connectivity index (χ1n) is 9.53. The maximum atomic E-state index is 12.0. The highest BCUT2D eigenvalue weighted by molar-refractivity contribution is 5.97. The molecule has 1 aliphatic heterocycles. The fourth-order valence-electron chi connectivity index (χ4n) is 4.35.